The van der Waals surface area contributed by atoms with Gasteiger partial charge in [0.2, 0.25) is 5.91 Å². The standard InChI is InChI=1S/C21H28N2O8S/c1-13(24)16-10-18(30-2)19(11-17(16)23(28)29)31-6-3-4-20(25)22-15(9-21(26)27)8-14-5-7-32-12-14/h5,7,10-11,13-15,24H,3-4,6,8-9,12H2,1-2H3,(H,22,25)(H,26,27)/t13?,14?,15-/m0/s1. The average Bonchev–Trinajstić information content (AvgIpc) is 3.22. The molecular formula is C21H28N2O8S. The quantitative estimate of drug-likeness (QED) is 0.226. The van der Waals surface area contributed by atoms with Gasteiger partial charge in [-0.1, -0.05) is 6.08 Å². The second kappa shape index (κ2) is 12.3. The molecular weight excluding hydrogens is 440 g/mol. The minimum Gasteiger partial charge on any atom is -0.493 e. The second-order valence-electron chi connectivity index (χ2n) is 7.47. The summed E-state index contributed by atoms with van der Waals surface area (Å²) in [4.78, 5) is 34.1. The first kappa shape index (κ1) is 25.5. The van der Waals surface area contributed by atoms with Crippen LogP contribution in [0.1, 0.15) is 44.3 Å². The first-order valence-corrected chi connectivity index (χ1v) is 11.2. The van der Waals surface area contributed by atoms with Gasteiger partial charge in [0.1, 0.15) is 0 Å². The van der Waals surface area contributed by atoms with Crippen molar-refractivity contribution in [3.63, 3.8) is 0 Å². The monoisotopic (exact) mass is 468 g/mol. The molecule has 3 atom stereocenters. The topological polar surface area (TPSA) is 148 Å². The summed E-state index contributed by atoms with van der Waals surface area (Å²) in [5, 5.41) is 34.9. The number of carboxylic acids is 1. The highest BCUT2D eigenvalue weighted by molar-refractivity contribution is 8.02. The molecule has 2 rings (SSSR count). The fourth-order valence-corrected chi connectivity index (χ4v) is 4.30. The fourth-order valence-electron chi connectivity index (χ4n) is 3.36. The van der Waals surface area contributed by atoms with Crippen molar-refractivity contribution in [2.75, 3.05) is 19.5 Å². The van der Waals surface area contributed by atoms with Gasteiger partial charge >= 0.3 is 5.97 Å². The first-order valence-electron chi connectivity index (χ1n) is 10.2. The van der Waals surface area contributed by atoms with Crippen LogP contribution in [-0.4, -0.2) is 52.5 Å². The van der Waals surface area contributed by atoms with E-state index in [4.69, 9.17) is 14.6 Å². The largest absolute Gasteiger partial charge is 0.493 e. The third-order valence-corrected chi connectivity index (χ3v) is 5.87. The van der Waals surface area contributed by atoms with Gasteiger partial charge in [-0.15, -0.1) is 11.8 Å². The summed E-state index contributed by atoms with van der Waals surface area (Å²) in [5.74, 6) is 0.236. The number of nitrogens with zero attached hydrogens (tertiary/aromatic N) is 1. The number of nitro groups is 1. The van der Waals surface area contributed by atoms with E-state index in [0.717, 1.165) is 5.75 Å². The molecule has 0 radical (unpaired) electrons. The summed E-state index contributed by atoms with van der Waals surface area (Å²) in [6, 6.07) is 2.10. The van der Waals surface area contributed by atoms with E-state index in [2.05, 4.69) is 5.32 Å². The van der Waals surface area contributed by atoms with Crippen LogP contribution in [0.5, 0.6) is 11.5 Å². The maximum Gasteiger partial charge on any atom is 0.305 e. The Morgan fingerprint density at radius 3 is 2.69 bits per heavy atom. The number of carboxylic acid groups (broad SMARTS) is 1. The third kappa shape index (κ3) is 7.72. The van der Waals surface area contributed by atoms with Crippen LogP contribution < -0.4 is 14.8 Å². The number of methoxy groups -OCH3 is 1. The SMILES string of the molecule is COc1cc(C(C)O)c([N+](=O)[O-])cc1OCCCC(=O)N[C@H](CC(=O)O)CC1C=CSC1. The zero-order chi connectivity index (χ0) is 23.7. The number of hydrogen-bond donors (Lipinski definition) is 3. The van der Waals surface area contributed by atoms with E-state index in [9.17, 15) is 24.8 Å². The number of allylic oxidation sites excluding steroid dienone is 1. The van der Waals surface area contributed by atoms with Crippen LogP contribution in [0.2, 0.25) is 0 Å². The number of aliphatic hydroxyl groups excluding tert-OH is 1. The summed E-state index contributed by atoms with van der Waals surface area (Å²) in [6.45, 7) is 1.51. The normalized spacial score (nSPS) is 16.9. The van der Waals surface area contributed by atoms with Gasteiger partial charge in [-0.2, -0.15) is 0 Å². The van der Waals surface area contributed by atoms with Gasteiger partial charge < -0.3 is 25.0 Å². The highest BCUT2D eigenvalue weighted by Crippen LogP contribution is 2.37. The molecule has 0 saturated carbocycles. The highest BCUT2D eigenvalue weighted by Gasteiger charge is 2.23. The maximum absolute atomic E-state index is 12.3. The molecule has 2 unspecified atom stereocenters. The predicted octanol–water partition coefficient (Wildman–Crippen LogP) is 3.04. The van der Waals surface area contributed by atoms with E-state index in [1.165, 1.54) is 26.2 Å². The smallest absolute Gasteiger partial charge is 0.305 e. The molecule has 0 aliphatic carbocycles. The molecule has 0 bridgehead atoms. The van der Waals surface area contributed by atoms with Crippen molar-refractivity contribution in [2.45, 2.75) is 44.8 Å². The lowest BCUT2D eigenvalue weighted by Crippen LogP contribution is -2.38. The number of ether oxygens (including phenoxy) is 2. The van der Waals surface area contributed by atoms with Crippen molar-refractivity contribution in [1.82, 2.24) is 5.32 Å². The number of thioether (sulfide) groups is 1. The number of carbonyl (C=O) groups excluding carboxylic acids is 1. The zero-order valence-electron chi connectivity index (χ0n) is 18.0. The van der Waals surface area contributed by atoms with Crippen molar-refractivity contribution in [3.8, 4) is 11.5 Å². The lowest BCUT2D eigenvalue weighted by molar-refractivity contribution is -0.386. The van der Waals surface area contributed by atoms with Crippen molar-refractivity contribution >= 4 is 29.3 Å². The lowest BCUT2D eigenvalue weighted by Gasteiger charge is -2.19. The van der Waals surface area contributed by atoms with Crippen LogP contribution in [0.25, 0.3) is 0 Å². The van der Waals surface area contributed by atoms with Crippen LogP contribution >= 0.6 is 11.8 Å². The molecule has 32 heavy (non-hydrogen) atoms. The lowest BCUT2D eigenvalue weighted by atomic mass is 9.99. The summed E-state index contributed by atoms with van der Waals surface area (Å²) in [6.07, 6.45) is 1.82. The predicted molar refractivity (Wildman–Crippen MR) is 119 cm³/mol. The molecule has 1 aromatic rings. The van der Waals surface area contributed by atoms with Crippen molar-refractivity contribution < 1.29 is 34.2 Å². The second-order valence-corrected chi connectivity index (χ2v) is 8.41. The first-order chi connectivity index (χ1) is 15.2. The Morgan fingerprint density at radius 2 is 2.12 bits per heavy atom. The number of amides is 1. The van der Waals surface area contributed by atoms with E-state index in [1.807, 2.05) is 11.5 Å². The third-order valence-electron chi connectivity index (χ3n) is 4.90. The number of rotatable bonds is 13. The molecule has 3 N–H and O–H groups in total. The van der Waals surface area contributed by atoms with Gasteiger partial charge in [0.25, 0.3) is 5.69 Å². The van der Waals surface area contributed by atoms with Crippen molar-refractivity contribution in [1.29, 1.82) is 0 Å². The summed E-state index contributed by atoms with van der Waals surface area (Å²) >= 11 is 1.66. The van der Waals surface area contributed by atoms with Crippen LogP contribution in [0.15, 0.2) is 23.6 Å². The molecule has 1 aliphatic rings. The summed E-state index contributed by atoms with van der Waals surface area (Å²) < 4.78 is 10.8. The molecule has 1 heterocycles. The Hall–Kier alpha value is -2.79. The fraction of sp³-hybridized carbons (Fsp3) is 0.524. The molecule has 10 nitrogen and oxygen atoms in total. The maximum atomic E-state index is 12.3. The van der Waals surface area contributed by atoms with Gasteiger partial charge in [0.15, 0.2) is 11.5 Å². The number of nitrogens with one attached hydrogen (secondary N) is 1. The number of hydrogen-bond acceptors (Lipinski definition) is 8. The number of carbonyl (C=O) groups is 2. The van der Waals surface area contributed by atoms with Gasteiger partial charge in [0.05, 0.1) is 42.8 Å². The Balaban J connectivity index is 1.90. The Kier molecular flexibility index (Phi) is 9.79. The van der Waals surface area contributed by atoms with Gasteiger partial charge in [-0.25, -0.2) is 0 Å². The Morgan fingerprint density at radius 1 is 1.38 bits per heavy atom. The Bertz CT molecular complexity index is 858. The Labute approximate surface area is 190 Å². The van der Waals surface area contributed by atoms with Crippen LogP contribution in [0.3, 0.4) is 0 Å². The van der Waals surface area contributed by atoms with Crippen LogP contribution in [0.4, 0.5) is 5.69 Å². The van der Waals surface area contributed by atoms with E-state index in [1.54, 1.807) is 11.8 Å². The number of aliphatic hydroxyl groups is 1. The number of nitro benzene ring substituents is 1. The van der Waals surface area contributed by atoms with E-state index < -0.39 is 23.0 Å². The van der Waals surface area contributed by atoms with Crippen LogP contribution in [-0.2, 0) is 9.59 Å². The molecule has 11 heteroatoms. The number of benzene rings is 1. The minimum absolute atomic E-state index is 0.0978. The van der Waals surface area contributed by atoms with Crippen LogP contribution in [0, 0.1) is 16.0 Å². The number of aliphatic carboxylic acids is 1. The molecule has 0 spiro atoms. The summed E-state index contributed by atoms with van der Waals surface area (Å²) in [5.41, 5.74) is -0.178. The van der Waals surface area contributed by atoms with E-state index in [-0.39, 0.29) is 54.0 Å². The molecule has 0 saturated heterocycles. The van der Waals surface area contributed by atoms with Gasteiger partial charge in [-0.05, 0) is 37.2 Å². The molecule has 0 fully saturated rings. The summed E-state index contributed by atoms with van der Waals surface area (Å²) in [7, 11) is 1.38. The zero-order valence-corrected chi connectivity index (χ0v) is 18.8. The van der Waals surface area contributed by atoms with Gasteiger partial charge in [-0.3, -0.25) is 19.7 Å². The van der Waals surface area contributed by atoms with Gasteiger partial charge in [0, 0.05) is 18.2 Å². The minimum atomic E-state index is -1.06. The van der Waals surface area contributed by atoms with E-state index in [0.29, 0.717) is 12.8 Å². The molecule has 176 valence electrons. The van der Waals surface area contributed by atoms with Crippen molar-refractivity contribution in [3.05, 3.63) is 39.3 Å². The molecule has 1 aliphatic heterocycles. The van der Waals surface area contributed by atoms with E-state index >= 15 is 0 Å². The van der Waals surface area contributed by atoms with Crippen molar-refractivity contribution in [2.24, 2.45) is 5.92 Å². The molecule has 1 aromatic carbocycles. The molecule has 1 amide bonds. The molecule has 0 aromatic heterocycles. The highest BCUT2D eigenvalue weighted by atomic mass is 32.2. The average molecular weight is 469 g/mol.